The van der Waals surface area contributed by atoms with Gasteiger partial charge < -0.3 is 9.67 Å². The van der Waals surface area contributed by atoms with Crippen molar-refractivity contribution in [3.63, 3.8) is 0 Å². The minimum Gasteiger partial charge on any atom is -0.477 e. The van der Waals surface area contributed by atoms with Gasteiger partial charge in [0.05, 0.1) is 11.1 Å². The normalized spacial score (nSPS) is 12.8. The Morgan fingerprint density at radius 1 is 1.16 bits per heavy atom. The molecule has 5 nitrogen and oxygen atoms in total. The maximum atomic E-state index is 13.2. The minimum absolute atomic E-state index is 0.0416. The maximum Gasteiger partial charge on any atom is 0.416 e. The number of aliphatic carboxylic acids is 1. The third-order valence-electron chi connectivity index (χ3n) is 4.65. The zero-order chi connectivity index (χ0) is 23.8. The Hall–Kier alpha value is -3.81. The number of pyridine rings is 1. The lowest BCUT2D eigenvalue weighted by Crippen LogP contribution is -2.12. The van der Waals surface area contributed by atoms with E-state index >= 15 is 0 Å². The van der Waals surface area contributed by atoms with Gasteiger partial charge in [0.1, 0.15) is 17.3 Å². The van der Waals surface area contributed by atoms with Crippen LogP contribution >= 0.6 is 0 Å². The van der Waals surface area contributed by atoms with Gasteiger partial charge in [-0.05, 0) is 48.4 Å². The minimum atomic E-state index is -4.99. The van der Waals surface area contributed by atoms with Crippen LogP contribution in [-0.2, 0) is 23.7 Å². The lowest BCUT2D eigenvalue weighted by Gasteiger charge is -2.15. The van der Waals surface area contributed by atoms with Gasteiger partial charge in [-0.25, -0.2) is 9.78 Å². The van der Waals surface area contributed by atoms with E-state index in [4.69, 9.17) is 10.4 Å². The quantitative estimate of drug-likeness (QED) is 0.325. The zero-order valence-electron chi connectivity index (χ0n) is 16.2. The molecule has 2 heterocycles. The zero-order valence-corrected chi connectivity index (χ0v) is 16.2. The number of rotatable bonds is 4. The highest BCUT2D eigenvalue weighted by molar-refractivity contribution is 6.00. The summed E-state index contributed by atoms with van der Waals surface area (Å²) in [5.74, 6) is -1.48. The number of hydrogen-bond acceptors (Lipinski definition) is 3. The van der Waals surface area contributed by atoms with Crippen LogP contribution in [0.1, 0.15) is 27.8 Å². The summed E-state index contributed by atoms with van der Waals surface area (Å²) in [4.78, 5) is 15.3. The molecule has 0 aliphatic rings. The molecule has 0 amide bonds. The molecule has 1 aromatic carbocycles. The van der Waals surface area contributed by atoms with Crippen LogP contribution < -0.4 is 0 Å². The van der Waals surface area contributed by atoms with E-state index in [0.29, 0.717) is 23.1 Å². The van der Waals surface area contributed by atoms with Crippen molar-refractivity contribution in [3.05, 3.63) is 70.0 Å². The van der Waals surface area contributed by atoms with Gasteiger partial charge in [-0.2, -0.15) is 31.6 Å². The van der Waals surface area contributed by atoms with Crippen molar-refractivity contribution in [2.24, 2.45) is 0 Å². The van der Waals surface area contributed by atoms with Crippen LogP contribution in [0.4, 0.5) is 26.3 Å². The van der Waals surface area contributed by atoms with Crippen LogP contribution in [0.15, 0.2) is 42.2 Å². The molecular weight excluding hydrogens is 440 g/mol. The Bertz CT molecular complexity index is 1250. The number of hydrogen-bond donors (Lipinski definition) is 1. The fourth-order valence-corrected chi connectivity index (χ4v) is 3.25. The SMILES string of the molecule is Cc1ccnc2c1c(/C=C(\C#N)C(=O)O)cn2Cc1cc(C(F)(F)F)cc(C(F)(F)F)c1. The molecule has 11 heteroatoms. The molecule has 0 fully saturated rings. The maximum absolute atomic E-state index is 13.2. The van der Waals surface area contributed by atoms with Crippen LogP contribution in [-0.4, -0.2) is 20.6 Å². The number of nitriles is 1. The lowest BCUT2D eigenvalue weighted by molar-refractivity contribution is -0.143. The fourth-order valence-electron chi connectivity index (χ4n) is 3.25. The Morgan fingerprint density at radius 3 is 2.25 bits per heavy atom. The molecule has 0 saturated heterocycles. The first-order valence-electron chi connectivity index (χ1n) is 8.89. The topological polar surface area (TPSA) is 78.9 Å². The van der Waals surface area contributed by atoms with Crippen LogP contribution in [0.2, 0.25) is 0 Å². The van der Waals surface area contributed by atoms with Crippen molar-refractivity contribution in [2.75, 3.05) is 0 Å². The Labute approximate surface area is 176 Å². The summed E-state index contributed by atoms with van der Waals surface area (Å²) in [5, 5.41) is 18.5. The highest BCUT2D eigenvalue weighted by Crippen LogP contribution is 2.37. The molecule has 32 heavy (non-hydrogen) atoms. The second-order valence-electron chi connectivity index (χ2n) is 6.93. The second kappa shape index (κ2) is 8.03. The predicted molar refractivity (Wildman–Crippen MR) is 101 cm³/mol. The number of carboxylic acid groups (broad SMARTS) is 1. The first kappa shape index (κ1) is 22.9. The third kappa shape index (κ3) is 4.59. The van der Waals surface area contributed by atoms with Crippen molar-refractivity contribution < 1.29 is 36.2 Å². The van der Waals surface area contributed by atoms with Gasteiger partial charge in [-0.3, -0.25) is 0 Å². The van der Waals surface area contributed by atoms with Crippen molar-refractivity contribution in [2.45, 2.75) is 25.8 Å². The first-order chi connectivity index (χ1) is 14.8. The molecule has 3 aromatic rings. The Morgan fingerprint density at radius 2 is 1.75 bits per heavy atom. The summed E-state index contributed by atoms with van der Waals surface area (Å²) in [7, 11) is 0. The monoisotopic (exact) mass is 453 g/mol. The predicted octanol–water partition coefficient (Wildman–Crippen LogP) is 5.42. The smallest absolute Gasteiger partial charge is 0.416 e. The number of halogens is 6. The molecule has 1 N–H and O–H groups in total. The number of benzene rings is 1. The average Bonchev–Trinajstić information content (AvgIpc) is 3.02. The Balaban J connectivity index is 2.20. The summed E-state index contributed by atoms with van der Waals surface area (Å²) in [6.45, 7) is 1.27. The van der Waals surface area contributed by atoms with E-state index in [1.807, 2.05) is 0 Å². The van der Waals surface area contributed by atoms with Gasteiger partial charge in [-0.1, -0.05) is 0 Å². The standard InChI is InChI=1S/C21H13F6N3O2/c1-11-2-3-29-18-17(11)14(6-13(8-28)19(31)32)10-30(18)9-12-4-15(20(22,23)24)7-16(5-12)21(25,26)27/h2-7,10H,9H2,1H3,(H,31,32)/b13-6+. The molecule has 0 aliphatic heterocycles. The molecule has 0 saturated carbocycles. The fraction of sp³-hybridized carbons (Fsp3) is 0.190. The molecule has 0 spiro atoms. The molecule has 0 radical (unpaired) electrons. The van der Waals surface area contributed by atoms with Crippen molar-refractivity contribution in [3.8, 4) is 6.07 Å². The number of aromatic nitrogens is 2. The molecule has 166 valence electrons. The van der Waals surface area contributed by atoms with Gasteiger partial charge in [0.15, 0.2) is 0 Å². The molecular formula is C21H13F6N3O2. The van der Waals surface area contributed by atoms with E-state index in [1.54, 1.807) is 13.0 Å². The largest absolute Gasteiger partial charge is 0.477 e. The van der Waals surface area contributed by atoms with Crippen molar-refractivity contribution in [1.29, 1.82) is 5.26 Å². The van der Waals surface area contributed by atoms with Gasteiger partial charge in [0, 0.05) is 29.9 Å². The number of aryl methyl sites for hydroxylation is 1. The molecule has 0 aliphatic carbocycles. The van der Waals surface area contributed by atoms with Gasteiger partial charge >= 0.3 is 18.3 Å². The number of carbonyl (C=O) groups is 1. The van der Waals surface area contributed by atoms with Crippen LogP contribution in [0.3, 0.4) is 0 Å². The Kier molecular flexibility index (Phi) is 5.74. The summed E-state index contributed by atoms with van der Waals surface area (Å²) in [5.41, 5.74) is -2.67. The van der Waals surface area contributed by atoms with Gasteiger partial charge in [-0.15, -0.1) is 0 Å². The van der Waals surface area contributed by atoms with E-state index in [1.165, 1.54) is 23.0 Å². The second-order valence-corrected chi connectivity index (χ2v) is 6.93. The number of alkyl halides is 6. The van der Waals surface area contributed by atoms with Crippen LogP contribution in [0.25, 0.3) is 17.1 Å². The average molecular weight is 453 g/mol. The van der Waals surface area contributed by atoms with Crippen molar-refractivity contribution in [1.82, 2.24) is 9.55 Å². The molecule has 3 rings (SSSR count). The number of nitrogens with zero attached hydrogens (tertiary/aromatic N) is 3. The third-order valence-corrected chi connectivity index (χ3v) is 4.65. The summed E-state index contributed by atoms with van der Waals surface area (Å²) < 4.78 is 80.3. The summed E-state index contributed by atoms with van der Waals surface area (Å²) in [6.07, 6.45) is -6.17. The summed E-state index contributed by atoms with van der Waals surface area (Å²) in [6, 6.07) is 4.40. The first-order valence-corrected chi connectivity index (χ1v) is 8.89. The lowest BCUT2D eigenvalue weighted by atomic mass is 10.0. The van der Waals surface area contributed by atoms with Gasteiger partial charge in [0.25, 0.3) is 0 Å². The van der Waals surface area contributed by atoms with Gasteiger partial charge in [0.2, 0.25) is 0 Å². The van der Waals surface area contributed by atoms with E-state index in [2.05, 4.69) is 4.98 Å². The molecule has 0 atom stereocenters. The van der Waals surface area contributed by atoms with Crippen LogP contribution in [0.5, 0.6) is 0 Å². The van der Waals surface area contributed by atoms with E-state index < -0.39 is 41.6 Å². The highest BCUT2D eigenvalue weighted by Gasteiger charge is 2.37. The molecule has 0 bridgehead atoms. The van der Waals surface area contributed by atoms with E-state index in [9.17, 15) is 31.1 Å². The molecule has 2 aromatic heterocycles. The number of fused-ring (bicyclic) bond motifs is 1. The summed E-state index contributed by atoms with van der Waals surface area (Å²) >= 11 is 0. The highest BCUT2D eigenvalue weighted by atomic mass is 19.4. The molecule has 0 unspecified atom stereocenters. The van der Waals surface area contributed by atoms with E-state index in [-0.39, 0.29) is 22.8 Å². The number of carboxylic acids is 1. The van der Waals surface area contributed by atoms with E-state index in [0.717, 1.165) is 6.08 Å². The van der Waals surface area contributed by atoms with Crippen LogP contribution in [0, 0.1) is 18.3 Å². The van der Waals surface area contributed by atoms with Crippen molar-refractivity contribution >= 4 is 23.1 Å².